The number of rotatable bonds is 0. The van der Waals surface area contributed by atoms with Gasteiger partial charge in [0.25, 0.3) is 0 Å². The lowest BCUT2D eigenvalue weighted by molar-refractivity contribution is 1.02. The van der Waals surface area contributed by atoms with Gasteiger partial charge in [-0.25, -0.2) is 0 Å². The normalized spacial score (nSPS) is 6.56. The van der Waals surface area contributed by atoms with Crippen molar-refractivity contribution in [1.29, 1.82) is 0 Å². The first-order chi connectivity index (χ1) is 19.5. The molecule has 5 aromatic heterocycles. The van der Waals surface area contributed by atoms with Crippen molar-refractivity contribution < 1.29 is 0 Å². The molecule has 0 unspecified atom stereocenters. The lowest BCUT2D eigenvalue weighted by atomic mass is 10.5. The van der Waals surface area contributed by atoms with E-state index in [2.05, 4.69) is 50.3 Å². The zero-order valence-electron chi connectivity index (χ0n) is 27.7. The second-order valence-electron chi connectivity index (χ2n) is 5.73. The lowest BCUT2D eigenvalue weighted by Crippen LogP contribution is -1.71. The zero-order chi connectivity index (χ0) is 32.0. The van der Waals surface area contributed by atoms with Gasteiger partial charge in [-0.1, -0.05) is 168 Å². The highest BCUT2D eigenvalue weighted by atomic mass is 15.2. The maximum atomic E-state index is 3.92. The fourth-order valence-corrected chi connectivity index (χ4v) is 1.54. The Balaban J connectivity index is -0.0000000387. The molecule has 5 heterocycles. The predicted octanol–water partition coefficient (Wildman–Crippen LogP) is 10.0. The van der Waals surface area contributed by atoms with E-state index in [1.807, 2.05) is 115 Å². The predicted molar refractivity (Wildman–Crippen MR) is 202 cm³/mol. The highest BCUT2D eigenvalue weighted by Gasteiger charge is 1.66. The monoisotopic (exact) mass is 636 g/mol. The molecule has 0 N–H and O–H groups in total. The molecule has 10 nitrogen and oxygen atoms in total. The number of nitrogens with zero attached hydrogens (tertiary/aromatic N) is 10. The summed E-state index contributed by atoms with van der Waals surface area (Å²) in [5, 5.41) is 14.3. The van der Waals surface area contributed by atoms with E-state index in [1.54, 1.807) is 37.9 Å². The Morgan fingerprint density at radius 3 is 1.20 bits per heavy atom. The molecule has 0 atom stereocenters. The summed E-state index contributed by atoms with van der Waals surface area (Å²) in [6.45, 7) is 29.5. The molecule has 0 aliphatic carbocycles. The van der Waals surface area contributed by atoms with Crippen molar-refractivity contribution in [3.05, 3.63) is 90.6 Å². The van der Waals surface area contributed by atoms with Crippen LogP contribution >= 0.6 is 0 Å². The van der Waals surface area contributed by atoms with E-state index in [-0.39, 0.29) is 37.1 Å². The van der Waals surface area contributed by atoms with Gasteiger partial charge in [0.2, 0.25) is 0 Å². The maximum Gasteiger partial charge on any atom is 0.0128 e. The molecule has 0 aliphatic rings. The molecule has 45 heavy (non-hydrogen) atoms. The van der Waals surface area contributed by atoms with Crippen LogP contribution in [-0.2, 0) is 0 Å². The zero-order valence-corrected chi connectivity index (χ0v) is 27.7. The van der Waals surface area contributed by atoms with Crippen LogP contribution in [0.4, 0.5) is 0 Å². The summed E-state index contributed by atoms with van der Waals surface area (Å²) in [6.07, 6.45) is 11.5. The molecular formula is C35H75N10-5. The Hall–Kier alpha value is -3.95. The fourth-order valence-electron chi connectivity index (χ4n) is 1.54. The molecule has 0 spiro atoms. The van der Waals surface area contributed by atoms with Gasteiger partial charge in [0, 0.05) is 5.69 Å². The van der Waals surface area contributed by atoms with E-state index in [0.29, 0.717) is 0 Å². The number of hydrogen-bond acceptors (Lipinski definition) is 5. The van der Waals surface area contributed by atoms with Crippen molar-refractivity contribution >= 4 is 0 Å². The molecule has 0 bridgehead atoms. The highest BCUT2D eigenvalue weighted by Crippen LogP contribution is 1.85. The third-order valence-corrected chi connectivity index (χ3v) is 2.98. The van der Waals surface area contributed by atoms with Crippen molar-refractivity contribution in [3.8, 4) is 0 Å². The fraction of sp³-hybridized carbons (Fsp3) is 0.571. The Bertz CT molecular complexity index is 740. The van der Waals surface area contributed by atoms with Gasteiger partial charge in [-0.15, -0.1) is 0 Å². The van der Waals surface area contributed by atoms with Crippen molar-refractivity contribution in [2.75, 3.05) is 0 Å². The summed E-state index contributed by atoms with van der Waals surface area (Å²) >= 11 is 0. The van der Waals surface area contributed by atoms with Crippen molar-refractivity contribution in [3.63, 3.8) is 0 Å². The van der Waals surface area contributed by atoms with Crippen LogP contribution in [0.2, 0.25) is 0 Å². The standard InChI is InChI=1S/C5H6N.3C4H5N2.C3H4N3.5C2H6.5CH4/c1-5-3-2-4-6-5;1-4-2-5-3-6-4;1-4-5-2-3-6-4;1-4-2-3-5-6-4;1-3-4-2-5-6-3;5*1-2;;;;;/h2-4H,1H3;3*2-3H,1H3;2H,1H3;5*1-2H3;5*1H4/q5*-1;;;;;;;;;;. The molecular weight excluding hydrogens is 560 g/mol. The van der Waals surface area contributed by atoms with E-state index >= 15 is 0 Å². The van der Waals surface area contributed by atoms with Gasteiger partial charge in [-0.05, 0) is 39.8 Å². The molecule has 5 aromatic rings. The van der Waals surface area contributed by atoms with Crippen LogP contribution < -0.4 is 25.0 Å². The van der Waals surface area contributed by atoms with Crippen LogP contribution in [0.5, 0.6) is 0 Å². The van der Waals surface area contributed by atoms with E-state index in [9.17, 15) is 0 Å². The van der Waals surface area contributed by atoms with Crippen molar-refractivity contribution in [2.45, 2.75) is 141 Å². The Morgan fingerprint density at radius 2 is 1.09 bits per heavy atom. The average molecular weight is 636 g/mol. The largest absolute Gasteiger partial charge is 0.668 e. The number of imidazole rings is 2. The van der Waals surface area contributed by atoms with Gasteiger partial charge >= 0.3 is 0 Å². The van der Waals surface area contributed by atoms with Gasteiger partial charge in [0.05, 0.1) is 0 Å². The molecule has 270 valence electrons. The number of hydrogen-bond donors (Lipinski definition) is 0. The van der Waals surface area contributed by atoms with Crippen LogP contribution in [0, 0.1) is 34.6 Å². The van der Waals surface area contributed by atoms with Crippen LogP contribution in [0.15, 0.2) is 61.8 Å². The molecule has 0 aliphatic heterocycles. The molecule has 0 amide bonds. The summed E-state index contributed by atoms with van der Waals surface area (Å²) in [5.74, 6) is 1.57. The molecule has 0 aromatic carbocycles. The minimum absolute atomic E-state index is 0. The minimum Gasteiger partial charge on any atom is -0.668 e. The third-order valence-electron chi connectivity index (χ3n) is 2.98. The van der Waals surface area contributed by atoms with E-state index < -0.39 is 0 Å². The van der Waals surface area contributed by atoms with Gasteiger partial charge in [-0.2, -0.15) is 18.1 Å². The maximum absolute atomic E-state index is 3.92. The van der Waals surface area contributed by atoms with E-state index in [0.717, 1.165) is 28.7 Å². The van der Waals surface area contributed by atoms with Crippen molar-refractivity contribution in [2.24, 2.45) is 0 Å². The van der Waals surface area contributed by atoms with Gasteiger partial charge in [0.15, 0.2) is 0 Å². The van der Waals surface area contributed by atoms with E-state index in [1.165, 1.54) is 12.7 Å². The van der Waals surface area contributed by atoms with E-state index in [4.69, 9.17) is 0 Å². The summed E-state index contributed by atoms with van der Waals surface area (Å²) in [5.41, 5.74) is 3.06. The number of aryl methyl sites for hydroxylation is 5. The third kappa shape index (κ3) is 60.1. The van der Waals surface area contributed by atoms with Crippen LogP contribution in [0.25, 0.3) is 0 Å². The molecule has 10 heteroatoms. The van der Waals surface area contributed by atoms with Crippen molar-refractivity contribution in [1.82, 2.24) is 50.3 Å². The molecule has 0 fully saturated rings. The average Bonchev–Trinajstić information content (AvgIpc) is 3.86. The summed E-state index contributed by atoms with van der Waals surface area (Å²) in [6, 6.07) is 5.76. The second kappa shape index (κ2) is 63.3. The highest BCUT2D eigenvalue weighted by molar-refractivity contribution is 4.99. The summed E-state index contributed by atoms with van der Waals surface area (Å²) in [4.78, 5) is 22.7. The molecule has 0 saturated carbocycles. The first kappa shape index (κ1) is 68.3. The second-order valence-corrected chi connectivity index (χ2v) is 5.73. The first-order valence-corrected chi connectivity index (χ1v) is 14.0. The van der Waals surface area contributed by atoms with Crippen LogP contribution in [0.3, 0.4) is 0 Å². The van der Waals surface area contributed by atoms with Crippen LogP contribution in [0.1, 0.15) is 135 Å². The quantitative estimate of drug-likeness (QED) is 0.162. The molecule has 5 rings (SSSR count). The van der Waals surface area contributed by atoms with Gasteiger partial charge in [-0.3, -0.25) is 0 Å². The smallest absolute Gasteiger partial charge is 0.0128 e. The summed E-state index contributed by atoms with van der Waals surface area (Å²) < 4.78 is 0. The summed E-state index contributed by atoms with van der Waals surface area (Å²) in [7, 11) is 0. The molecule has 0 radical (unpaired) electrons. The first-order valence-electron chi connectivity index (χ1n) is 14.0. The number of aromatic nitrogens is 10. The van der Waals surface area contributed by atoms with Crippen LogP contribution in [-0.4, -0.2) is 25.3 Å². The van der Waals surface area contributed by atoms with Gasteiger partial charge < -0.3 is 50.3 Å². The Kier molecular flexibility index (Phi) is 96.1. The lowest BCUT2D eigenvalue weighted by Gasteiger charge is -1.88. The Morgan fingerprint density at radius 1 is 0.533 bits per heavy atom. The Labute approximate surface area is 281 Å². The molecule has 0 saturated heterocycles. The van der Waals surface area contributed by atoms with Gasteiger partial charge in [0.1, 0.15) is 0 Å². The topological polar surface area (TPSA) is 135 Å². The SMILES string of the molecule is C.C.C.C.C.CC.CC.CC.CC.CC.Cc1c[n-]cn1.Cc1cc[n-]n1.Cc1ccc[n-]1.Cc1ncc[n-]1.Cc1nnc[n-]1. The minimum atomic E-state index is 0.